The number of benzene rings is 1. The zero-order valence-corrected chi connectivity index (χ0v) is 11.2. The van der Waals surface area contributed by atoms with Crippen LogP contribution in [-0.2, 0) is 6.54 Å². The Labute approximate surface area is 111 Å². The van der Waals surface area contributed by atoms with Gasteiger partial charge in [-0.1, -0.05) is 0 Å². The van der Waals surface area contributed by atoms with E-state index in [1.54, 1.807) is 6.21 Å². The predicted octanol–water partition coefficient (Wildman–Crippen LogP) is 1.62. The van der Waals surface area contributed by atoms with Crippen LogP contribution in [0.5, 0.6) is 0 Å². The molecule has 5 heteroatoms. The number of hydrazone groups is 1. The van der Waals surface area contributed by atoms with Crippen LogP contribution in [0.15, 0.2) is 17.2 Å². The molecule has 2 aromatic rings. The molecular weight excluding hydrogens is 240 g/mol. The number of rotatable bonds is 2. The van der Waals surface area contributed by atoms with Gasteiger partial charge in [0.05, 0.1) is 11.8 Å². The molecule has 0 radical (unpaired) electrons. The number of nitrogens with zero attached hydrogens (tertiary/aromatic N) is 2. The quantitative estimate of drug-likeness (QED) is 0.857. The average molecular weight is 256 g/mol. The molecule has 0 aliphatic carbocycles. The molecule has 5 nitrogen and oxygen atoms in total. The van der Waals surface area contributed by atoms with E-state index in [0.717, 1.165) is 34.3 Å². The minimum atomic E-state index is -0.154. The van der Waals surface area contributed by atoms with Crippen LogP contribution in [0.25, 0.3) is 10.9 Å². The molecule has 0 unspecified atom stereocenters. The lowest BCUT2D eigenvalue weighted by atomic mass is 10.0. The number of carbonyl (C=O) groups is 1. The van der Waals surface area contributed by atoms with Crippen molar-refractivity contribution in [3.63, 3.8) is 0 Å². The van der Waals surface area contributed by atoms with Gasteiger partial charge in [-0.25, -0.2) is 5.43 Å². The van der Waals surface area contributed by atoms with Crippen LogP contribution in [0.2, 0.25) is 0 Å². The maximum Gasteiger partial charge on any atom is 0.272 e. The first-order valence-electron chi connectivity index (χ1n) is 6.19. The first kappa shape index (κ1) is 11.9. The molecule has 0 saturated carbocycles. The number of aromatic amines is 1. The van der Waals surface area contributed by atoms with Gasteiger partial charge in [-0.05, 0) is 38.7 Å². The Morgan fingerprint density at radius 3 is 2.84 bits per heavy atom. The van der Waals surface area contributed by atoms with Crippen molar-refractivity contribution in [2.24, 2.45) is 5.10 Å². The molecule has 2 N–H and O–H groups in total. The summed E-state index contributed by atoms with van der Waals surface area (Å²) in [6, 6.07) is 3.97. The van der Waals surface area contributed by atoms with Gasteiger partial charge >= 0.3 is 0 Å². The highest BCUT2D eigenvalue weighted by Crippen LogP contribution is 2.28. The van der Waals surface area contributed by atoms with E-state index in [2.05, 4.69) is 26.5 Å². The topological polar surface area (TPSA) is 60.5 Å². The molecule has 0 fully saturated rings. The SMILES string of the molecule is Cc1cc2c3c(c(CN(C)C)[nH]c3c1)C=NNC2=O. The standard InChI is InChI=1S/C14H16N4O/c1-8-4-9-13-10(6-15-17-14(9)19)12(7-18(2)3)16-11(13)5-8/h4-6,16H,7H2,1-3H3,(H,17,19). The summed E-state index contributed by atoms with van der Waals surface area (Å²) in [6.45, 7) is 2.77. The summed E-state index contributed by atoms with van der Waals surface area (Å²) >= 11 is 0. The number of aromatic nitrogens is 1. The van der Waals surface area contributed by atoms with Crippen molar-refractivity contribution in [1.29, 1.82) is 0 Å². The van der Waals surface area contributed by atoms with Crippen LogP contribution >= 0.6 is 0 Å². The molecule has 98 valence electrons. The third-order valence-electron chi connectivity index (χ3n) is 3.24. The van der Waals surface area contributed by atoms with Crippen LogP contribution in [-0.4, -0.2) is 36.1 Å². The molecule has 1 aliphatic heterocycles. The van der Waals surface area contributed by atoms with E-state index in [1.165, 1.54) is 0 Å². The summed E-state index contributed by atoms with van der Waals surface area (Å²) < 4.78 is 0. The Bertz CT molecular complexity index is 697. The number of hydrogen-bond acceptors (Lipinski definition) is 3. The minimum Gasteiger partial charge on any atom is -0.357 e. The summed E-state index contributed by atoms with van der Waals surface area (Å²) in [4.78, 5) is 17.5. The van der Waals surface area contributed by atoms with E-state index < -0.39 is 0 Å². The lowest BCUT2D eigenvalue weighted by Crippen LogP contribution is -2.16. The van der Waals surface area contributed by atoms with Crippen molar-refractivity contribution in [2.75, 3.05) is 14.1 Å². The van der Waals surface area contributed by atoms with Gasteiger partial charge in [0.25, 0.3) is 5.91 Å². The van der Waals surface area contributed by atoms with Gasteiger partial charge in [0.1, 0.15) is 0 Å². The highest BCUT2D eigenvalue weighted by Gasteiger charge is 2.20. The summed E-state index contributed by atoms with van der Waals surface area (Å²) in [5, 5.41) is 4.96. The monoisotopic (exact) mass is 256 g/mol. The van der Waals surface area contributed by atoms with Gasteiger partial charge < -0.3 is 9.88 Å². The van der Waals surface area contributed by atoms with Crippen LogP contribution in [0.4, 0.5) is 0 Å². The van der Waals surface area contributed by atoms with Crippen LogP contribution < -0.4 is 5.43 Å². The first-order valence-corrected chi connectivity index (χ1v) is 6.19. The van der Waals surface area contributed by atoms with Gasteiger partial charge in [0.2, 0.25) is 0 Å². The average Bonchev–Trinajstić information content (AvgIpc) is 2.54. The lowest BCUT2D eigenvalue weighted by molar-refractivity contribution is 0.0957. The zero-order chi connectivity index (χ0) is 13.6. The number of carbonyl (C=O) groups excluding carboxylic acids is 1. The van der Waals surface area contributed by atoms with Crippen molar-refractivity contribution < 1.29 is 4.79 Å². The number of amides is 1. The summed E-state index contributed by atoms with van der Waals surface area (Å²) in [5.41, 5.74) is 7.36. The third-order valence-corrected chi connectivity index (χ3v) is 3.24. The highest BCUT2D eigenvalue weighted by atomic mass is 16.2. The number of H-pyrrole nitrogens is 1. The molecule has 1 aromatic carbocycles. The largest absolute Gasteiger partial charge is 0.357 e. The van der Waals surface area contributed by atoms with Crippen molar-refractivity contribution in [2.45, 2.75) is 13.5 Å². The second-order valence-corrected chi connectivity index (χ2v) is 5.19. The van der Waals surface area contributed by atoms with Crippen LogP contribution in [0.3, 0.4) is 0 Å². The molecule has 0 spiro atoms. The van der Waals surface area contributed by atoms with Crippen LogP contribution in [0.1, 0.15) is 27.2 Å². The molecule has 3 rings (SSSR count). The van der Waals surface area contributed by atoms with Crippen molar-refractivity contribution in [1.82, 2.24) is 15.3 Å². The van der Waals surface area contributed by atoms with Crippen molar-refractivity contribution >= 4 is 23.0 Å². The molecule has 1 aliphatic rings. The van der Waals surface area contributed by atoms with E-state index in [1.807, 2.05) is 27.1 Å². The maximum absolute atomic E-state index is 12.0. The molecular formula is C14H16N4O. The van der Waals surface area contributed by atoms with E-state index in [9.17, 15) is 4.79 Å². The molecule has 2 heterocycles. The summed E-state index contributed by atoms with van der Waals surface area (Å²) in [7, 11) is 4.03. The lowest BCUT2D eigenvalue weighted by Gasteiger charge is -2.08. The Morgan fingerprint density at radius 2 is 2.11 bits per heavy atom. The van der Waals surface area contributed by atoms with Gasteiger partial charge in [0.15, 0.2) is 0 Å². The molecule has 0 atom stereocenters. The number of aryl methyl sites for hydroxylation is 1. The Kier molecular flexibility index (Phi) is 2.64. The van der Waals surface area contributed by atoms with E-state index in [4.69, 9.17) is 0 Å². The fourth-order valence-corrected chi connectivity index (χ4v) is 2.53. The summed E-state index contributed by atoms with van der Waals surface area (Å²) in [5.74, 6) is -0.154. The normalized spacial score (nSPS) is 14.0. The molecule has 0 bridgehead atoms. The Morgan fingerprint density at radius 1 is 1.32 bits per heavy atom. The van der Waals surface area contributed by atoms with E-state index in [0.29, 0.717) is 5.56 Å². The second kappa shape index (κ2) is 4.20. The minimum absolute atomic E-state index is 0.154. The van der Waals surface area contributed by atoms with E-state index in [-0.39, 0.29) is 5.91 Å². The molecule has 1 aromatic heterocycles. The fraction of sp³-hybridized carbons (Fsp3) is 0.286. The van der Waals surface area contributed by atoms with Crippen molar-refractivity contribution in [3.8, 4) is 0 Å². The Hall–Kier alpha value is -2.14. The predicted molar refractivity (Wildman–Crippen MR) is 75.5 cm³/mol. The van der Waals surface area contributed by atoms with Gasteiger partial charge in [-0.15, -0.1) is 0 Å². The Balaban J connectivity index is 2.34. The highest BCUT2D eigenvalue weighted by molar-refractivity contribution is 6.15. The zero-order valence-electron chi connectivity index (χ0n) is 11.2. The molecule has 0 saturated heterocycles. The van der Waals surface area contributed by atoms with Crippen molar-refractivity contribution in [3.05, 3.63) is 34.5 Å². The van der Waals surface area contributed by atoms with Gasteiger partial charge in [-0.2, -0.15) is 5.10 Å². The van der Waals surface area contributed by atoms with Gasteiger partial charge in [-0.3, -0.25) is 4.79 Å². The first-order chi connectivity index (χ1) is 9.06. The van der Waals surface area contributed by atoms with E-state index >= 15 is 0 Å². The van der Waals surface area contributed by atoms with Crippen LogP contribution in [0, 0.1) is 6.92 Å². The molecule has 1 amide bonds. The molecule has 19 heavy (non-hydrogen) atoms. The third kappa shape index (κ3) is 1.92. The smallest absolute Gasteiger partial charge is 0.272 e. The maximum atomic E-state index is 12.0. The number of nitrogens with one attached hydrogen (secondary N) is 2. The second-order valence-electron chi connectivity index (χ2n) is 5.19. The summed E-state index contributed by atoms with van der Waals surface area (Å²) in [6.07, 6.45) is 1.72. The number of hydrogen-bond donors (Lipinski definition) is 2. The van der Waals surface area contributed by atoms with Gasteiger partial charge in [0, 0.05) is 28.7 Å². The fourth-order valence-electron chi connectivity index (χ4n) is 2.53.